The molecule has 7 nitrogen and oxygen atoms in total. The number of carbonyl (C=O) groups excluding carboxylic acids is 2. The highest BCUT2D eigenvalue weighted by Gasteiger charge is 2.24. The summed E-state index contributed by atoms with van der Waals surface area (Å²) in [6.45, 7) is 2.96. The Morgan fingerprint density at radius 3 is 2.47 bits per heavy atom. The number of fused-ring (bicyclic) bond motifs is 1. The lowest BCUT2D eigenvalue weighted by Gasteiger charge is -2.33. The van der Waals surface area contributed by atoms with Crippen molar-refractivity contribution in [2.75, 3.05) is 37.7 Å². The van der Waals surface area contributed by atoms with Gasteiger partial charge in [-0.1, -0.05) is 49.3 Å². The molecule has 4 rings (SSSR count). The number of carbonyl (C=O) groups is 2. The Bertz CT molecular complexity index is 1010. The molecule has 0 radical (unpaired) electrons. The second kappa shape index (κ2) is 11.8. The molecule has 2 aliphatic rings. The molecule has 180 valence electrons. The van der Waals surface area contributed by atoms with Crippen LogP contribution >= 0.6 is 0 Å². The van der Waals surface area contributed by atoms with Crippen molar-refractivity contribution in [3.8, 4) is 11.1 Å². The Labute approximate surface area is 201 Å². The zero-order chi connectivity index (χ0) is 23.8. The molecular formula is C27H33N3O4. The number of urea groups is 1. The third-order valence-electron chi connectivity index (χ3n) is 6.47. The van der Waals surface area contributed by atoms with Crippen molar-refractivity contribution in [1.82, 2.24) is 10.4 Å². The number of amides is 3. The third-order valence-corrected chi connectivity index (χ3v) is 6.47. The van der Waals surface area contributed by atoms with Gasteiger partial charge in [-0.3, -0.25) is 14.9 Å². The van der Waals surface area contributed by atoms with Crippen LogP contribution < -0.4 is 10.4 Å². The normalized spacial score (nSPS) is 14.7. The molecule has 1 aliphatic heterocycles. The summed E-state index contributed by atoms with van der Waals surface area (Å²) in [5.41, 5.74) is 7.50. The Balaban J connectivity index is 1.42. The Kier molecular flexibility index (Phi) is 8.33. The predicted molar refractivity (Wildman–Crippen MR) is 133 cm³/mol. The molecule has 2 aromatic carbocycles. The van der Waals surface area contributed by atoms with E-state index in [1.54, 1.807) is 5.48 Å². The van der Waals surface area contributed by atoms with Gasteiger partial charge in [-0.2, -0.15) is 0 Å². The van der Waals surface area contributed by atoms with Crippen LogP contribution in [0.15, 0.2) is 48.5 Å². The second-order valence-corrected chi connectivity index (χ2v) is 8.80. The minimum Gasteiger partial charge on any atom is -0.378 e. The zero-order valence-corrected chi connectivity index (χ0v) is 19.5. The maximum absolute atomic E-state index is 13.3. The molecule has 2 aromatic rings. The molecule has 1 heterocycles. The predicted octanol–water partition coefficient (Wildman–Crippen LogP) is 4.64. The lowest BCUT2D eigenvalue weighted by atomic mass is 10.00. The van der Waals surface area contributed by atoms with E-state index in [-0.39, 0.29) is 11.9 Å². The number of anilines is 1. The summed E-state index contributed by atoms with van der Waals surface area (Å²) in [4.78, 5) is 28.2. The highest BCUT2D eigenvalue weighted by Crippen LogP contribution is 2.29. The summed E-state index contributed by atoms with van der Waals surface area (Å²) >= 11 is 0. The molecule has 2 N–H and O–H groups in total. The summed E-state index contributed by atoms with van der Waals surface area (Å²) in [5.74, 6) is -0.358. The molecule has 0 unspecified atom stereocenters. The van der Waals surface area contributed by atoms with Gasteiger partial charge in [-0.05, 0) is 59.7 Å². The van der Waals surface area contributed by atoms with Crippen LogP contribution in [0.4, 0.5) is 10.5 Å². The molecule has 1 saturated heterocycles. The topological polar surface area (TPSA) is 82.1 Å². The van der Waals surface area contributed by atoms with Crippen molar-refractivity contribution in [2.24, 2.45) is 0 Å². The van der Waals surface area contributed by atoms with E-state index in [0.29, 0.717) is 45.7 Å². The van der Waals surface area contributed by atoms with Crippen molar-refractivity contribution >= 4 is 23.7 Å². The number of allylic oxidation sites excluding steroid dienone is 1. The molecule has 3 amide bonds. The van der Waals surface area contributed by atoms with Crippen LogP contribution in [0.2, 0.25) is 0 Å². The number of hydrogen-bond donors (Lipinski definition) is 2. The first-order valence-corrected chi connectivity index (χ1v) is 12.1. The van der Waals surface area contributed by atoms with Gasteiger partial charge < -0.3 is 9.64 Å². The van der Waals surface area contributed by atoms with E-state index in [1.807, 2.05) is 21.9 Å². The van der Waals surface area contributed by atoms with Crippen LogP contribution in [0.25, 0.3) is 17.2 Å². The fraction of sp³-hybridized carbons (Fsp3) is 0.407. The highest BCUT2D eigenvalue weighted by molar-refractivity contribution is 5.92. The number of rotatable bonds is 9. The second-order valence-electron chi connectivity index (χ2n) is 8.80. The van der Waals surface area contributed by atoms with Gasteiger partial charge in [0.15, 0.2) is 0 Å². The van der Waals surface area contributed by atoms with Gasteiger partial charge in [-0.25, -0.2) is 10.3 Å². The van der Waals surface area contributed by atoms with E-state index in [1.165, 1.54) is 16.7 Å². The first-order chi connectivity index (χ1) is 16.7. The fourth-order valence-electron chi connectivity index (χ4n) is 4.49. The van der Waals surface area contributed by atoms with E-state index < -0.39 is 0 Å². The summed E-state index contributed by atoms with van der Waals surface area (Å²) < 4.78 is 5.42. The molecule has 0 bridgehead atoms. The quantitative estimate of drug-likeness (QED) is 0.323. The van der Waals surface area contributed by atoms with Crippen LogP contribution in [-0.4, -0.2) is 54.9 Å². The average Bonchev–Trinajstić information content (AvgIpc) is 3.36. The Hall–Kier alpha value is -3.16. The first kappa shape index (κ1) is 24.0. The largest absolute Gasteiger partial charge is 0.378 e. The van der Waals surface area contributed by atoms with Crippen LogP contribution in [0.3, 0.4) is 0 Å². The molecule has 7 heteroatoms. The minimum absolute atomic E-state index is 0.0124. The lowest BCUT2D eigenvalue weighted by molar-refractivity contribution is -0.129. The van der Waals surface area contributed by atoms with Gasteiger partial charge in [0.25, 0.3) is 0 Å². The average molecular weight is 464 g/mol. The minimum atomic E-state index is -0.358. The smallest absolute Gasteiger partial charge is 0.324 e. The van der Waals surface area contributed by atoms with Crippen molar-refractivity contribution < 1.29 is 19.5 Å². The van der Waals surface area contributed by atoms with Gasteiger partial charge in [0.05, 0.1) is 13.2 Å². The number of ether oxygens (including phenoxy) is 1. The highest BCUT2D eigenvalue weighted by atomic mass is 16.5. The third kappa shape index (κ3) is 6.04. The van der Waals surface area contributed by atoms with Gasteiger partial charge in [0.1, 0.15) is 0 Å². The molecule has 0 spiro atoms. The molecule has 0 saturated carbocycles. The fourth-order valence-corrected chi connectivity index (χ4v) is 4.49. The van der Waals surface area contributed by atoms with E-state index in [2.05, 4.69) is 42.5 Å². The van der Waals surface area contributed by atoms with Crippen molar-refractivity contribution in [2.45, 2.75) is 38.5 Å². The lowest BCUT2D eigenvalue weighted by Crippen LogP contribution is -2.48. The molecule has 1 aliphatic carbocycles. The summed E-state index contributed by atoms with van der Waals surface area (Å²) in [5, 5.41) is 8.59. The van der Waals surface area contributed by atoms with Gasteiger partial charge >= 0.3 is 6.03 Å². The number of morpholine rings is 1. The number of benzene rings is 2. The maximum Gasteiger partial charge on any atom is 0.324 e. The summed E-state index contributed by atoms with van der Waals surface area (Å²) in [6, 6.07) is 14.8. The van der Waals surface area contributed by atoms with Crippen molar-refractivity contribution in [3.63, 3.8) is 0 Å². The Morgan fingerprint density at radius 2 is 1.71 bits per heavy atom. The molecule has 0 aromatic heterocycles. The molecule has 34 heavy (non-hydrogen) atoms. The molecule has 0 atom stereocenters. The number of nitrogens with zero attached hydrogens (tertiary/aromatic N) is 2. The monoisotopic (exact) mass is 463 g/mol. The number of hydrogen-bond acceptors (Lipinski definition) is 4. The summed E-state index contributed by atoms with van der Waals surface area (Å²) in [7, 11) is 0. The number of unbranched alkanes of at least 4 members (excludes halogenated alkanes) is 3. The van der Waals surface area contributed by atoms with Crippen molar-refractivity contribution in [3.05, 3.63) is 59.7 Å². The standard InChI is InChI=1S/C27H33N3O4/c31-26(28-33)8-3-1-2-4-15-30(27(32)29-16-18-34-19-17-29)25-13-11-22(12-14-25)24-10-9-21-6-5-7-23(21)20-24/h5,7,9-14,20,33H,1-4,6,8,15-19H2,(H,28,31). The van der Waals surface area contributed by atoms with Gasteiger partial charge in [0, 0.05) is 31.7 Å². The van der Waals surface area contributed by atoms with Crippen molar-refractivity contribution in [1.29, 1.82) is 0 Å². The first-order valence-electron chi connectivity index (χ1n) is 12.1. The van der Waals surface area contributed by atoms with Crippen LogP contribution in [-0.2, 0) is 16.0 Å². The van der Waals surface area contributed by atoms with E-state index in [4.69, 9.17) is 9.94 Å². The Morgan fingerprint density at radius 1 is 0.971 bits per heavy atom. The van der Waals surface area contributed by atoms with Crippen LogP contribution in [0.5, 0.6) is 0 Å². The van der Waals surface area contributed by atoms with Gasteiger partial charge in [-0.15, -0.1) is 0 Å². The van der Waals surface area contributed by atoms with Crippen LogP contribution in [0.1, 0.15) is 43.2 Å². The SMILES string of the molecule is O=C(CCCCCCN(C(=O)N1CCOCC1)c1ccc(-c2ccc3c(c2)C=CC3)cc1)NO. The van der Waals surface area contributed by atoms with E-state index >= 15 is 0 Å². The van der Waals surface area contributed by atoms with Gasteiger partial charge in [0.2, 0.25) is 5.91 Å². The zero-order valence-electron chi connectivity index (χ0n) is 19.5. The van der Waals surface area contributed by atoms with E-state index in [9.17, 15) is 9.59 Å². The number of hydroxylamine groups is 1. The van der Waals surface area contributed by atoms with Crippen LogP contribution in [0, 0.1) is 0 Å². The molecule has 1 fully saturated rings. The maximum atomic E-state index is 13.3. The molecular weight excluding hydrogens is 430 g/mol. The summed E-state index contributed by atoms with van der Waals surface area (Å²) in [6.07, 6.45) is 9.02. The number of nitrogens with one attached hydrogen (secondary N) is 1. The van der Waals surface area contributed by atoms with E-state index in [0.717, 1.165) is 36.9 Å².